The van der Waals surface area contributed by atoms with Gasteiger partial charge in [0.2, 0.25) is 0 Å². The van der Waals surface area contributed by atoms with Crippen molar-refractivity contribution in [1.82, 2.24) is 0 Å². The number of fused-ring (bicyclic) bond motifs is 1. The molecule has 0 aliphatic heterocycles. The molecule has 1 N–H and O–H groups in total. The van der Waals surface area contributed by atoms with E-state index in [0.29, 0.717) is 5.75 Å². The molecule has 124 valence electrons. The van der Waals surface area contributed by atoms with Crippen molar-refractivity contribution in [2.75, 3.05) is 0 Å². The van der Waals surface area contributed by atoms with Crippen molar-refractivity contribution in [2.24, 2.45) is 4.99 Å². The molecule has 2 aromatic carbocycles. The Bertz CT molecular complexity index is 824. The van der Waals surface area contributed by atoms with Crippen LogP contribution in [0.25, 0.3) is 10.1 Å². The third-order valence-electron chi connectivity index (χ3n) is 2.68. The van der Waals surface area contributed by atoms with Crippen LogP contribution in [0.15, 0.2) is 59.6 Å². The monoisotopic (exact) mass is 389 g/mol. The minimum atomic E-state index is 0. The number of para-hydroxylation sites is 1. The predicted molar refractivity (Wildman–Crippen MR) is 89.0 cm³/mol. The van der Waals surface area contributed by atoms with Crippen molar-refractivity contribution in [1.29, 1.82) is 0 Å². The largest absolute Gasteiger partial charge is 0 e. The van der Waals surface area contributed by atoms with E-state index in [1.165, 1.54) is 0 Å². The van der Waals surface area contributed by atoms with Crippen molar-refractivity contribution in [3.63, 3.8) is 0 Å². The van der Waals surface area contributed by atoms with Crippen LogP contribution < -0.4 is 0 Å². The maximum Gasteiger partial charge on any atom is 0 e. The smallest absolute Gasteiger partial charge is 0 e. The van der Waals surface area contributed by atoms with E-state index in [9.17, 15) is 5.11 Å². The quantitative estimate of drug-likeness (QED) is 0.396. The Hall–Kier alpha value is -2.38. The van der Waals surface area contributed by atoms with Gasteiger partial charge in [0.25, 0.3) is 0 Å². The molecule has 0 aliphatic carbocycles. The summed E-state index contributed by atoms with van der Waals surface area (Å²) in [6.45, 7) is 13.5. The molecule has 0 radical (unpaired) electrons. The Labute approximate surface area is 159 Å². The first-order valence-electron chi connectivity index (χ1n) is 6.25. The second-order valence-corrected chi connectivity index (χ2v) is 4.99. The predicted octanol–water partition coefficient (Wildman–Crippen LogP) is 4.24. The van der Waals surface area contributed by atoms with E-state index in [2.05, 4.69) is 24.9 Å². The van der Waals surface area contributed by atoms with Gasteiger partial charge in [-0.05, 0) is 24.3 Å². The van der Waals surface area contributed by atoms with Gasteiger partial charge in [0.05, 0.1) is 10.6 Å². The van der Waals surface area contributed by atoms with Crippen LogP contribution in [0.3, 0.4) is 0 Å². The summed E-state index contributed by atoms with van der Waals surface area (Å²) >= 11 is 1.54. The number of nitrogens with zero attached hydrogens (tertiary/aromatic N) is 1. The van der Waals surface area contributed by atoms with E-state index in [-0.39, 0.29) is 17.4 Å². The number of rotatable bonds is 2. The van der Waals surface area contributed by atoms with E-state index in [0.717, 1.165) is 20.7 Å². The molecule has 5 nitrogen and oxygen atoms in total. The molecule has 1 aromatic heterocycles. The third kappa shape index (κ3) is 7.36. The fourth-order valence-electron chi connectivity index (χ4n) is 1.79. The van der Waals surface area contributed by atoms with Crippen LogP contribution in [0, 0.1) is 20.0 Å². The number of aliphatic imine (C=N–C) groups is 1. The number of thiophene rings is 1. The van der Waals surface area contributed by atoms with Gasteiger partial charge in [-0.2, -0.15) is 0 Å². The maximum atomic E-state index is 10.1. The summed E-state index contributed by atoms with van der Waals surface area (Å²) in [4.78, 5) is 5.15. The van der Waals surface area contributed by atoms with Crippen molar-refractivity contribution >= 4 is 33.3 Å². The Balaban J connectivity index is 0. The van der Waals surface area contributed by atoms with Gasteiger partial charge in [-0.15, -0.1) is 11.3 Å². The molecule has 0 unspecified atom stereocenters. The molecule has 0 saturated heterocycles. The van der Waals surface area contributed by atoms with E-state index < -0.39 is 0 Å². The SMILES string of the molecule is Oc1c(C=Nc2ccccc2)sc2ccccc12.[C-]#[O+].[C-]#[O+].[C-]#[O+].[Cr]. The molecule has 0 amide bonds. The van der Waals surface area contributed by atoms with Crippen molar-refractivity contribution in [3.8, 4) is 5.75 Å². The first-order valence-corrected chi connectivity index (χ1v) is 7.07. The van der Waals surface area contributed by atoms with Crippen LogP contribution >= 0.6 is 11.3 Å². The van der Waals surface area contributed by atoms with Gasteiger partial charge in [0, 0.05) is 33.7 Å². The van der Waals surface area contributed by atoms with Gasteiger partial charge >= 0.3 is 33.9 Å². The molecule has 3 rings (SSSR count). The van der Waals surface area contributed by atoms with Crippen LogP contribution in [0.1, 0.15) is 4.88 Å². The van der Waals surface area contributed by atoms with Crippen LogP contribution in [-0.4, -0.2) is 11.3 Å². The fraction of sp³-hybridized carbons (Fsp3) is 0. The van der Waals surface area contributed by atoms with Gasteiger partial charge < -0.3 is 5.11 Å². The van der Waals surface area contributed by atoms with Crippen molar-refractivity contribution < 1.29 is 36.4 Å². The Kier molecular flexibility index (Phi) is 15.1. The van der Waals surface area contributed by atoms with Crippen LogP contribution in [0.4, 0.5) is 5.69 Å². The van der Waals surface area contributed by atoms with Gasteiger partial charge in [-0.3, -0.25) is 4.99 Å². The molecule has 0 atom stereocenters. The van der Waals surface area contributed by atoms with E-state index in [4.69, 9.17) is 14.0 Å². The first-order chi connectivity index (χ1) is 11.8. The summed E-state index contributed by atoms with van der Waals surface area (Å²) in [5.41, 5.74) is 0.884. The topological polar surface area (TPSA) is 92.3 Å². The number of aromatic hydroxyl groups is 1. The zero-order valence-electron chi connectivity index (χ0n) is 12.7. The molecule has 0 saturated carbocycles. The molecule has 0 bridgehead atoms. The van der Waals surface area contributed by atoms with Gasteiger partial charge in [-0.25, -0.2) is 0 Å². The van der Waals surface area contributed by atoms with E-state index >= 15 is 0 Å². The van der Waals surface area contributed by atoms with E-state index in [1.54, 1.807) is 17.6 Å². The second-order valence-electron chi connectivity index (χ2n) is 3.90. The molecule has 1 heterocycles. The Morgan fingerprint density at radius 1 is 0.840 bits per heavy atom. The average molecular weight is 389 g/mol. The van der Waals surface area contributed by atoms with Gasteiger partial charge in [-0.1, -0.05) is 30.3 Å². The molecular weight excluding hydrogens is 378 g/mol. The number of benzene rings is 2. The molecule has 3 aromatic rings. The molecular formula is C18H11CrNO4S. The van der Waals surface area contributed by atoms with Crippen LogP contribution in [0.2, 0.25) is 0 Å². The number of hydrogen-bond donors (Lipinski definition) is 1. The zero-order valence-corrected chi connectivity index (χ0v) is 14.8. The molecule has 0 fully saturated rings. The van der Waals surface area contributed by atoms with Crippen molar-refractivity contribution in [2.45, 2.75) is 0 Å². The molecule has 25 heavy (non-hydrogen) atoms. The first kappa shape index (κ1) is 24.9. The van der Waals surface area contributed by atoms with Crippen LogP contribution in [0.5, 0.6) is 5.75 Å². The van der Waals surface area contributed by atoms with E-state index in [1.807, 2.05) is 54.6 Å². The standard InChI is InChI=1S/C15H11NOS.3CO.Cr/c17-15-12-8-4-5-9-13(12)18-14(15)10-16-11-6-2-1-3-7-11;3*1-2;/h1-10,17H;;;;. The Morgan fingerprint density at radius 3 is 1.92 bits per heavy atom. The van der Waals surface area contributed by atoms with Gasteiger partial charge in [0.15, 0.2) is 0 Å². The number of hydrogen-bond acceptors (Lipinski definition) is 3. The summed E-state index contributed by atoms with van der Waals surface area (Å²) in [7, 11) is 0. The second kappa shape index (κ2) is 15.2. The zero-order chi connectivity index (χ0) is 18.4. The molecule has 0 aliphatic rings. The fourth-order valence-corrected chi connectivity index (χ4v) is 2.76. The summed E-state index contributed by atoms with van der Waals surface area (Å²) in [6.07, 6.45) is 1.72. The average Bonchev–Trinajstić information content (AvgIpc) is 3.02. The van der Waals surface area contributed by atoms with Gasteiger partial charge in [0.1, 0.15) is 5.75 Å². The minimum Gasteiger partial charge on any atom is 0 e. The van der Waals surface area contributed by atoms with Crippen LogP contribution in [-0.2, 0) is 31.3 Å². The summed E-state index contributed by atoms with van der Waals surface area (Å²) < 4.78 is 23.6. The normalized spacial score (nSPS) is 8.40. The Morgan fingerprint density at radius 2 is 1.36 bits per heavy atom. The summed E-state index contributed by atoms with van der Waals surface area (Å²) in [5, 5.41) is 11.0. The summed E-state index contributed by atoms with van der Waals surface area (Å²) in [5.74, 6) is 0.315. The van der Waals surface area contributed by atoms with Crippen molar-refractivity contribution in [3.05, 3.63) is 79.4 Å². The molecule has 7 heteroatoms. The molecule has 0 spiro atoms. The summed E-state index contributed by atoms with van der Waals surface area (Å²) in [6, 6.07) is 17.5. The maximum absolute atomic E-state index is 10.1. The minimum absolute atomic E-state index is 0. The third-order valence-corrected chi connectivity index (χ3v) is 3.78.